The van der Waals surface area contributed by atoms with E-state index in [0.717, 1.165) is 70.6 Å². The normalized spacial score (nSPS) is 15.1. The van der Waals surface area contributed by atoms with E-state index >= 15 is 0 Å². The van der Waals surface area contributed by atoms with Gasteiger partial charge < -0.3 is 25.2 Å². The molecule has 0 aliphatic rings. The fourth-order valence-electron chi connectivity index (χ4n) is 4.30. The van der Waals surface area contributed by atoms with Crippen LogP contribution in [0.5, 0.6) is 0 Å². The van der Waals surface area contributed by atoms with Crippen molar-refractivity contribution >= 4 is 19.8 Å². The molecule has 290 valence electrons. The maximum Gasteiger partial charge on any atom is 0.472 e. The highest BCUT2D eigenvalue weighted by Crippen LogP contribution is 2.43. The Morgan fingerprint density at radius 2 is 1.14 bits per heavy atom. The molecule has 0 saturated heterocycles. The largest absolute Gasteiger partial charge is 0.480 e. The number of nitrogens with two attached hydrogens (primary N) is 1. The first-order chi connectivity index (χ1) is 24.7. The Morgan fingerprint density at radius 1 is 0.647 bits per heavy atom. The van der Waals surface area contributed by atoms with Crippen molar-refractivity contribution in [2.45, 2.75) is 129 Å². The Morgan fingerprint density at radius 3 is 1.71 bits per heavy atom. The second-order valence-corrected chi connectivity index (χ2v) is 13.4. The number of allylic oxidation sites excluding steroid dienone is 13. The van der Waals surface area contributed by atoms with Gasteiger partial charge in [-0.1, -0.05) is 131 Å². The predicted molar refractivity (Wildman–Crippen MR) is 207 cm³/mol. The summed E-state index contributed by atoms with van der Waals surface area (Å²) in [5, 5.41) is 8.86. The zero-order valence-corrected chi connectivity index (χ0v) is 32.1. The highest BCUT2D eigenvalue weighted by Gasteiger charge is 2.27. The molecular weight excluding hydrogens is 669 g/mol. The molecule has 4 N–H and O–H groups in total. The lowest BCUT2D eigenvalue weighted by molar-refractivity contribution is -0.153. The number of phosphoric acid groups is 1. The lowest BCUT2D eigenvalue weighted by Gasteiger charge is -2.20. The van der Waals surface area contributed by atoms with Gasteiger partial charge in [-0.05, 0) is 64.2 Å². The number of hydrogen-bond donors (Lipinski definition) is 3. The van der Waals surface area contributed by atoms with Gasteiger partial charge in [-0.2, -0.15) is 0 Å². The number of phosphoric ester groups is 1. The van der Waals surface area contributed by atoms with Gasteiger partial charge >= 0.3 is 19.8 Å². The number of hydrogen-bond acceptors (Lipinski definition) is 8. The maximum atomic E-state index is 12.5. The second kappa shape index (κ2) is 35.5. The van der Waals surface area contributed by atoms with E-state index in [1.807, 2.05) is 12.2 Å². The van der Waals surface area contributed by atoms with Gasteiger partial charge in [0.25, 0.3) is 0 Å². The number of carbonyl (C=O) groups is 2. The first kappa shape index (κ1) is 48.1. The third kappa shape index (κ3) is 35.3. The van der Waals surface area contributed by atoms with Crippen molar-refractivity contribution in [1.82, 2.24) is 0 Å². The number of rotatable bonds is 34. The van der Waals surface area contributed by atoms with E-state index in [1.54, 1.807) is 6.08 Å². The monoisotopic (exact) mass is 735 g/mol. The van der Waals surface area contributed by atoms with Gasteiger partial charge in [0.1, 0.15) is 12.1 Å². The van der Waals surface area contributed by atoms with E-state index in [2.05, 4.69) is 85.2 Å². The molecule has 0 aromatic rings. The van der Waals surface area contributed by atoms with Crippen LogP contribution in [-0.4, -0.2) is 60.5 Å². The molecule has 51 heavy (non-hydrogen) atoms. The minimum atomic E-state index is -4.64. The highest BCUT2D eigenvalue weighted by molar-refractivity contribution is 7.47. The van der Waals surface area contributed by atoms with Crippen LogP contribution < -0.4 is 5.73 Å². The zero-order valence-electron chi connectivity index (χ0n) is 31.2. The van der Waals surface area contributed by atoms with Gasteiger partial charge in [-0.25, -0.2) is 4.57 Å². The van der Waals surface area contributed by atoms with E-state index in [1.165, 1.54) is 19.3 Å². The molecule has 3 unspecified atom stereocenters. The Hall–Kier alpha value is -2.85. The zero-order chi connectivity index (χ0) is 37.7. The molecule has 0 aliphatic carbocycles. The number of esters is 1. The van der Waals surface area contributed by atoms with Crippen LogP contribution in [0.15, 0.2) is 85.1 Å². The number of carboxylic acid groups (broad SMARTS) is 1. The van der Waals surface area contributed by atoms with Crippen LogP contribution >= 0.6 is 7.82 Å². The van der Waals surface area contributed by atoms with Crippen LogP contribution in [0.2, 0.25) is 0 Å². The predicted octanol–water partition coefficient (Wildman–Crippen LogP) is 9.64. The Bertz CT molecular complexity index is 1130. The Balaban J connectivity index is 4.51. The minimum absolute atomic E-state index is 0.0105. The fourth-order valence-corrected chi connectivity index (χ4v) is 5.08. The summed E-state index contributed by atoms with van der Waals surface area (Å²) in [5.41, 5.74) is 5.33. The summed E-state index contributed by atoms with van der Waals surface area (Å²) in [5.74, 6) is -1.93. The molecule has 0 aromatic carbocycles. The summed E-state index contributed by atoms with van der Waals surface area (Å²) in [6.45, 7) is 3.51. The molecule has 11 heteroatoms. The number of ether oxygens (including phenoxy) is 2. The summed E-state index contributed by atoms with van der Waals surface area (Å²) >= 11 is 0. The summed E-state index contributed by atoms with van der Waals surface area (Å²) < 4.78 is 33.0. The average molecular weight is 736 g/mol. The van der Waals surface area contributed by atoms with Crippen molar-refractivity contribution in [2.24, 2.45) is 5.73 Å². The Labute approximate surface area is 307 Å². The summed E-state index contributed by atoms with van der Waals surface area (Å²) in [6, 6.07) is -1.49. The van der Waals surface area contributed by atoms with Crippen LogP contribution in [0.4, 0.5) is 0 Å². The molecule has 0 fully saturated rings. The van der Waals surface area contributed by atoms with Gasteiger partial charge in [0, 0.05) is 6.61 Å². The van der Waals surface area contributed by atoms with Crippen molar-refractivity contribution in [3.05, 3.63) is 85.1 Å². The maximum absolute atomic E-state index is 12.5. The molecule has 3 atom stereocenters. The van der Waals surface area contributed by atoms with Gasteiger partial charge in [-0.15, -0.1) is 0 Å². The molecule has 0 radical (unpaired) electrons. The number of carboxylic acids is 1. The Kier molecular flexibility index (Phi) is 33.6. The van der Waals surface area contributed by atoms with Crippen LogP contribution in [0.3, 0.4) is 0 Å². The molecule has 0 rings (SSSR count). The second-order valence-electron chi connectivity index (χ2n) is 12.0. The third-order valence-electron chi connectivity index (χ3n) is 7.17. The standard InChI is InChI=1S/C40H66NO9P/c1-3-5-7-9-11-13-15-17-19-20-22-24-26-28-30-32-39(42)50-37(35-48-51(45,46)49-36-38(41)40(43)44)34-47-33-31-29-27-25-23-21-18-16-14-12-10-8-6-4-2/h5,7-8,10-11,13-14,16-17,19,22,24,28,30,37-38H,3-4,6,9,12,15,18,20-21,23,25-27,29,31-36,41H2,1-2H3,(H,43,44)(H,45,46)/b7-5-,10-8-,13-11-,16-14-,19-17-,24-22-,30-28-. The van der Waals surface area contributed by atoms with Gasteiger partial charge in [0.05, 0.1) is 26.2 Å². The number of carbonyl (C=O) groups excluding carboxylic acids is 1. The molecule has 0 spiro atoms. The van der Waals surface area contributed by atoms with E-state index in [-0.39, 0.29) is 13.0 Å². The lowest BCUT2D eigenvalue weighted by Crippen LogP contribution is -2.34. The van der Waals surface area contributed by atoms with Crippen LogP contribution in [-0.2, 0) is 32.7 Å². The van der Waals surface area contributed by atoms with E-state index in [0.29, 0.717) is 13.0 Å². The van der Waals surface area contributed by atoms with Crippen LogP contribution in [0, 0.1) is 0 Å². The van der Waals surface area contributed by atoms with Crippen molar-refractivity contribution in [3.63, 3.8) is 0 Å². The third-order valence-corrected chi connectivity index (χ3v) is 8.12. The van der Waals surface area contributed by atoms with Gasteiger partial charge in [-0.3, -0.25) is 18.6 Å². The van der Waals surface area contributed by atoms with Crippen molar-refractivity contribution < 1.29 is 42.7 Å². The minimum Gasteiger partial charge on any atom is -0.480 e. The summed E-state index contributed by atoms with van der Waals surface area (Å²) in [6.07, 6.45) is 43.8. The molecule has 0 aliphatic heterocycles. The fraction of sp³-hybridized carbons (Fsp3) is 0.600. The molecule has 0 heterocycles. The first-order valence-electron chi connectivity index (χ1n) is 18.6. The van der Waals surface area contributed by atoms with Crippen molar-refractivity contribution in [3.8, 4) is 0 Å². The molecule has 0 bridgehead atoms. The molecule has 0 aromatic heterocycles. The SMILES string of the molecule is CC/C=C\C/C=C\C/C=C\C/C=C\C/C=C\CC(=O)OC(COCCCCCCCC/C=C\C/C=C\CCC)COP(=O)(O)OCC(N)C(=O)O. The van der Waals surface area contributed by atoms with Crippen molar-refractivity contribution in [2.75, 3.05) is 26.4 Å². The van der Waals surface area contributed by atoms with Crippen LogP contribution in [0.25, 0.3) is 0 Å². The van der Waals surface area contributed by atoms with E-state index in [4.69, 9.17) is 24.8 Å². The average Bonchev–Trinajstić information content (AvgIpc) is 3.10. The molecular formula is C40H66NO9P. The number of unbranched alkanes of at least 4 members (excludes halogenated alkanes) is 7. The summed E-state index contributed by atoms with van der Waals surface area (Å²) in [4.78, 5) is 33.3. The molecule has 0 saturated carbocycles. The topological polar surface area (TPSA) is 155 Å². The highest BCUT2D eigenvalue weighted by atomic mass is 31.2. The first-order valence-corrected chi connectivity index (χ1v) is 20.1. The lowest BCUT2D eigenvalue weighted by atomic mass is 10.1. The number of aliphatic carboxylic acids is 1. The molecule has 0 amide bonds. The van der Waals surface area contributed by atoms with E-state index < -0.39 is 45.1 Å². The van der Waals surface area contributed by atoms with Crippen molar-refractivity contribution in [1.29, 1.82) is 0 Å². The van der Waals surface area contributed by atoms with Gasteiger partial charge in [0.2, 0.25) is 0 Å². The quantitative estimate of drug-likeness (QED) is 0.0252. The smallest absolute Gasteiger partial charge is 0.472 e. The van der Waals surface area contributed by atoms with Crippen LogP contribution in [0.1, 0.15) is 117 Å². The summed E-state index contributed by atoms with van der Waals surface area (Å²) in [7, 11) is -4.64. The van der Waals surface area contributed by atoms with Gasteiger partial charge in [0.15, 0.2) is 0 Å². The van der Waals surface area contributed by atoms with E-state index in [9.17, 15) is 19.0 Å². The molecule has 10 nitrogen and oxygen atoms in total.